The van der Waals surface area contributed by atoms with Crippen LogP contribution >= 0.6 is 0 Å². The number of morpholine rings is 1. The van der Waals surface area contributed by atoms with Gasteiger partial charge in [0.2, 0.25) is 0 Å². The van der Waals surface area contributed by atoms with Gasteiger partial charge < -0.3 is 9.84 Å². The fraction of sp³-hybridized carbons (Fsp3) is 0.846. The Morgan fingerprint density at radius 1 is 1.11 bits per heavy atom. The molecule has 2 unspecified atom stereocenters. The van der Waals surface area contributed by atoms with E-state index in [1.165, 1.54) is 4.90 Å². The van der Waals surface area contributed by atoms with E-state index in [4.69, 9.17) is 4.74 Å². The molecule has 2 atom stereocenters. The van der Waals surface area contributed by atoms with Gasteiger partial charge >= 0.3 is 0 Å². The lowest BCUT2D eigenvalue weighted by Gasteiger charge is -2.38. The van der Waals surface area contributed by atoms with Crippen LogP contribution in [0.15, 0.2) is 0 Å². The van der Waals surface area contributed by atoms with Gasteiger partial charge in [0.15, 0.2) is 0 Å². The number of aliphatic hydroxyl groups is 1. The minimum absolute atomic E-state index is 0.154. The van der Waals surface area contributed by atoms with E-state index >= 15 is 0 Å². The number of carbonyl (C=O) groups is 2. The second-order valence-corrected chi connectivity index (χ2v) is 5.74. The summed E-state index contributed by atoms with van der Waals surface area (Å²) in [4.78, 5) is 25.4. The highest BCUT2D eigenvalue weighted by atomic mass is 16.5. The van der Waals surface area contributed by atoms with Gasteiger partial charge in [0.25, 0.3) is 11.8 Å². The zero-order valence-corrected chi connectivity index (χ0v) is 10.4. The van der Waals surface area contributed by atoms with Gasteiger partial charge in [-0.15, -0.1) is 0 Å². The number of nitrogens with zero attached hydrogens (tertiary/aromatic N) is 1. The largest absolute Gasteiger partial charge is 0.388 e. The van der Waals surface area contributed by atoms with Crippen LogP contribution in [-0.2, 0) is 14.3 Å². The predicted molar refractivity (Wildman–Crippen MR) is 62.6 cm³/mol. The molecule has 2 aliphatic heterocycles. The Bertz CT molecular complexity index is 353. The van der Waals surface area contributed by atoms with Crippen LogP contribution in [0.1, 0.15) is 44.9 Å². The summed E-state index contributed by atoms with van der Waals surface area (Å²) in [6, 6.07) is 0. The number of β-amino-alcohol motifs (C(OH)–C–C–N with tert-alkyl or cyclic N) is 1. The number of amides is 2. The number of rotatable bonds is 2. The van der Waals surface area contributed by atoms with Crippen molar-refractivity contribution in [3.8, 4) is 0 Å². The lowest BCUT2D eigenvalue weighted by atomic mass is 9.84. The molecule has 2 heterocycles. The summed E-state index contributed by atoms with van der Waals surface area (Å²) in [5.74, 6) is -0.513. The van der Waals surface area contributed by atoms with Gasteiger partial charge in [0.1, 0.15) is 12.2 Å². The molecule has 1 aliphatic carbocycles. The Balaban J connectivity index is 1.75. The zero-order chi connectivity index (χ0) is 12.8. The van der Waals surface area contributed by atoms with Crippen LogP contribution in [-0.4, -0.2) is 46.2 Å². The smallest absolute Gasteiger partial charge is 0.258 e. The second kappa shape index (κ2) is 4.31. The second-order valence-electron chi connectivity index (χ2n) is 5.74. The number of ether oxygens (including phenoxy) is 1. The maximum Gasteiger partial charge on any atom is 0.258 e. The van der Waals surface area contributed by atoms with Crippen LogP contribution in [0.4, 0.5) is 0 Å². The molecular formula is C13H19NO4. The molecule has 0 aromatic heterocycles. The summed E-state index contributed by atoms with van der Waals surface area (Å²) in [5, 5.41) is 10.5. The van der Waals surface area contributed by atoms with E-state index < -0.39 is 17.8 Å². The molecule has 0 spiro atoms. The van der Waals surface area contributed by atoms with Crippen molar-refractivity contribution in [1.82, 2.24) is 4.90 Å². The minimum atomic E-state index is -0.875. The summed E-state index contributed by atoms with van der Waals surface area (Å²) in [7, 11) is 0. The summed E-state index contributed by atoms with van der Waals surface area (Å²) in [5.41, 5.74) is -0.875. The van der Waals surface area contributed by atoms with Gasteiger partial charge in [-0.1, -0.05) is 19.3 Å². The van der Waals surface area contributed by atoms with Crippen LogP contribution in [0.25, 0.3) is 0 Å². The standard InChI is InChI=1S/C13H19NO4/c15-11-9-4-5-10(18-9)12(16)14(11)8-13(17)6-2-1-3-7-13/h9-10,17H,1-8H2. The average molecular weight is 253 g/mol. The third-order valence-corrected chi connectivity index (χ3v) is 4.34. The molecule has 2 saturated heterocycles. The molecule has 3 rings (SSSR count). The molecule has 2 bridgehead atoms. The van der Waals surface area contributed by atoms with Crippen LogP contribution in [0.3, 0.4) is 0 Å². The van der Waals surface area contributed by atoms with E-state index in [-0.39, 0.29) is 18.4 Å². The van der Waals surface area contributed by atoms with Crippen LogP contribution in [0.5, 0.6) is 0 Å². The molecular weight excluding hydrogens is 234 g/mol. The molecule has 3 fully saturated rings. The molecule has 0 radical (unpaired) electrons. The van der Waals surface area contributed by atoms with Crippen molar-refractivity contribution in [2.75, 3.05) is 6.54 Å². The van der Waals surface area contributed by atoms with Crippen molar-refractivity contribution in [3.05, 3.63) is 0 Å². The maximum atomic E-state index is 12.1. The van der Waals surface area contributed by atoms with Gasteiger partial charge in [-0.05, 0) is 25.7 Å². The highest BCUT2D eigenvalue weighted by molar-refractivity contribution is 6.02. The zero-order valence-electron chi connectivity index (χ0n) is 10.4. The van der Waals surface area contributed by atoms with Crippen molar-refractivity contribution in [1.29, 1.82) is 0 Å². The first-order valence-electron chi connectivity index (χ1n) is 6.82. The summed E-state index contributed by atoms with van der Waals surface area (Å²) < 4.78 is 5.35. The number of fused-ring (bicyclic) bond motifs is 2. The van der Waals surface area contributed by atoms with E-state index in [0.29, 0.717) is 25.7 Å². The lowest BCUT2D eigenvalue weighted by molar-refractivity contribution is -0.173. The number of hydrogen-bond donors (Lipinski definition) is 1. The van der Waals surface area contributed by atoms with Crippen LogP contribution < -0.4 is 0 Å². The van der Waals surface area contributed by atoms with Crippen molar-refractivity contribution < 1.29 is 19.4 Å². The number of hydrogen-bond acceptors (Lipinski definition) is 4. The minimum Gasteiger partial charge on any atom is -0.388 e. The number of imide groups is 1. The maximum absolute atomic E-state index is 12.1. The van der Waals surface area contributed by atoms with Gasteiger partial charge in [-0.25, -0.2) is 0 Å². The highest BCUT2D eigenvalue weighted by Crippen LogP contribution is 2.33. The monoisotopic (exact) mass is 253 g/mol. The molecule has 2 amide bonds. The molecule has 100 valence electrons. The highest BCUT2D eigenvalue weighted by Gasteiger charge is 2.48. The van der Waals surface area contributed by atoms with Crippen molar-refractivity contribution in [2.45, 2.75) is 62.8 Å². The lowest BCUT2D eigenvalue weighted by Crippen LogP contribution is -2.57. The van der Waals surface area contributed by atoms with Crippen molar-refractivity contribution in [3.63, 3.8) is 0 Å². The van der Waals surface area contributed by atoms with Crippen LogP contribution in [0.2, 0.25) is 0 Å². The van der Waals surface area contributed by atoms with E-state index in [9.17, 15) is 14.7 Å². The SMILES string of the molecule is O=C1C2CCC(O2)C(=O)N1CC1(O)CCCCC1. The predicted octanol–water partition coefficient (Wildman–Crippen LogP) is 0.598. The first-order chi connectivity index (χ1) is 8.59. The molecule has 1 saturated carbocycles. The third-order valence-electron chi connectivity index (χ3n) is 4.34. The van der Waals surface area contributed by atoms with Gasteiger partial charge in [-0.3, -0.25) is 14.5 Å². The van der Waals surface area contributed by atoms with Gasteiger partial charge in [-0.2, -0.15) is 0 Å². The van der Waals surface area contributed by atoms with Crippen molar-refractivity contribution >= 4 is 11.8 Å². The molecule has 0 aromatic rings. The Morgan fingerprint density at radius 3 is 2.22 bits per heavy atom. The Morgan fingerprint density at radius 2 is 1.67 bits per heavy atom. The Kier molecular flexibility index (Phi) is 2.90. The number of likely N-dealkylation sites (tertiary alicyclic amines) is 1. The van der Waals surface area contributed by atoms with Crippen molar-refractivity contribution in [2.24, 2.45) is 0 Å². The Labute approximate surface area is 106 Å². The molecule has 5 heteroatoms. The summed E-state index contributed by atoms with van der Waals surface area (Å²) in [6.07, 6.45) is 4.76. The van der Waals surface area contributed by atoms with Gasteiger partial charge in [0, 0.05) is 0 Å². The number of carbonyl (C=O) groups excluding carboxylic acids is 2. The van der Waals surface area contributed by atoms with E-state index in [1.807, 2.05) is 0 Å². The first kappa shape index (κ1) is 12.1. The summed E-state index contributed by atoms with van der Waals surface area (Å²) in [6.45, 7) is 0.154. The molecule has 0 aromatic carbocycles. The average Bonchev–Trinajstić information content (AvgIpc) is 2.80. The fourth-order valence-electron chi connectivity index (χ4n) is 3.27. The van der Waals surface area contributed by atoms with E-state index in [2.05, 4.69) is 0 Å². The molecule has 18 heavy (non-hydrogen) atoms. The Hall–Kier alpha value is -0.940. The molecule has 5 nitrogen and oxygen atoms in total. The topological polar surface area (TPSA) is 66.8 Å². The van der Waals surface area contributed by atoms with Crippen LogP contribution in [0, 0.1) is 0 Å². The third kappa shape index (κ3) is 1.95. The van der Waals surface area contributed by atoms with Gasteiger partial charge in [0.05, 0.1) is 12.1 Å². The van der Waals surface area contributed by atoms with E-state index in [1.54, 1.807) is 0 Å². The summed E-state index contributed by atoms with van der Waals surface area (Å²) >= 11 is 0. The fourth-order valence-corrected chi connectivity index (χ4v) is 3.27. The molecule has 3 aliphatic rings. The quantitative estimate of drug-likeness (QED) is 0.732. The normalized spacial score (nSPS) is 35.1. The van der Waals surface area contributed by atoms with E-state index in [0.717, 1.165) is 19.3 Å². The molecule has 1 N–H and O–H groups in total. The first-order valence-corrected chi connectivity index (χ1v) is 6.82.